The smallest absolute Gasteiger partial charge is 0.0897 e. The third kappa shape index (κ3) is 3.70. The fourth-order valence-electron chi connectivity index (χ4n) is 2.08. The lowest BCUT2D eigenvalue weighted by Gasteiger charge is -2.31. The number of rotatable bonds is 3. The predicted molar refractivity (Wildman–Crippen MR) is 71.5 cm³/mol. The first-order valence-corrected chi connectivity index (χ1v) is 6.40. The Balaban J connectivity index is 0.00000128. The predicted octanol–water partition coefficient (Wildman–Crippen LogP) is 2.06. The first-order valence-electron chi connectivity index (χ1n) is 5.59. The summed E-state index contributed by atoms with van der Waals surface area (Å²) >= 11 is 1.82. The number of halogens is 1. The summed E-state index contributed by atoms with van der Waals surface area (Å²) in [5, 5.41) is 4.53. The van der Waals surface area contributed by atoms with Crippen LogP contribution in [0, 0.1) is 6.92 Å². The molecule has 2 rings (SSSR count). The summed E-state index contributed by atoms with van der Waals surface area (Å²) in [5.74, 6) is 0. The van der Waals surface area contributed by atoms with E-state index in [0.29, 0.717) is 0 Å². The Kier molecular flexibility index (Phi) is 5.69. The van der Waals surface area contributed by atoms with Gasteiger partial charge in [0.1, 0.15) is 0 Å². The van der Waals surface area contributed by atoms with Gasteiger partial charge in [0, 0.05) is 23.7 Å². The van der Waals surface area contributed by atoms with E-state index in [1.54, 1.807) is 0 Å². The van der Waals surface area contributed by atoms with Crippen molar-refractivity contribution >= 4 is 23.7 Å². The zero-order valence-corrected chi connectivity index (χ0v) is 11.5. The number of likely N-dealkylation sites (tertiary alicyclic amines) is 1. The van der Waals surface area contributed by atoms with Crippen molar-refractivity contribution < 1.29 is 0 Å². The summed E-state index contributed by atoms with van der Waals surface area (Å²) in [4.78, 5) is 8.22. The number of hydrogen-bond donors (Lipinski definition) is 1. The van der Waals surface area contributed by atoms with Gasteiger partial charge >= 0.3 is 0 Å². The van der Waals surface area contributed by atoms with Crippen LogP contribution in [0.1, 0.15) is 22.7 Å². The standard InChI is InChI=1S/C11H19N3S.ClH/c1-9-13-7-11(15-9)8-14-5-3-10(12-2)4-6-14;/h7,10,12H,3-6,8H2,1-2H3;1H. The van der Waals surface area contributed by atoms with Crippen molar-refractivity contribution in [1.29, 1.82) is 0 Å². The highest BCUT2D eigenvalue weighted by molar-refractivity contribution is 7.11. The Morgan fingerprint density at radius 1 is 1.50 bits per heavy atom. The molecular weight excluding hydrogens is 242 g/mol. The van der Waals surface area contributed by atoms with E-state index in [0.717, 1.165) is 12.6 Å². The largest absolute Gasteiger partial charge is 0.317 e. The second-order valence-corrected chi connectivity index (χ2v) is 5.50. The molecule has 2 heterocycles. The lowest BCUT2D eigenvalue weighted by Crippen LogP contribution is -2.40. The lowest BCUT2D eigenvalue weighted by atomic mass is 10.1. The molecule has 92 valence electrons. The van der Waals surface area contributed by atoms with E-state index >= 15 is 0 Å². The van der Waals surface area contributed by atoms with E-state index in [-0.39, 0.29) is 12.4 Å². The molecule has 0 amide bonds. The van der Waals surface area contributed by atoms with Crippen molar-refractivity contribution in [2.45, 2.75) is 32.4 Å². The van der Waals surface area contributed by atoms with Gasteiger partial charge in [-0.2, -0.15) is 0 Å². The summed E-state index contributed by atoms with van der Waals surface area (Å²) in [6, 6.07) is 0.726. The molecule has 16 heavy (non-hydrogen) atoms. The fourth-order valence-corrected chi connectivity index (χ4v) is 2.92. The molecule has 0 aromatic carbocycles. The van der Waals surface area contributed by atoms with E-state index in [1.165, 1.54) is 35.8 Å². The van der Waals surface area contributed by atoms with Crippen LogP contribution < -0.4 is 5.32 Å². The highest BCUT2D eigenvalue weighted by Crippen LogP contribution is 2.17. The van der Waals surface area contributed by atoms with Gasteiger partial charge in [-0.3, -0.25) is 4.90 Å². The van der Waals surface area contributed by atoms with Crippen LogP contribution in [0.15, 0.2) is 6.20 Å². The van der Waals surface area contributed by atoms with Crippen molar-refractivity contribution in [2.24, 2.45) is 0 Å². The molecule has 0 unspecified atom stereocenters. The molecule has 0 spiro atoms. The van der Waals surface area contributed by atoms with Gasteiger partial charge in [0.05, 0.1) is 5.01 Å². The Hall–Kier alpha value is -0.160. The molecule has 0 atom stereocenters. The SMILES string of the molecule is CNC1CCN(Cc2cnc(C)s2)CC1.Cl. The number of thiazole rings is 1. The van der Waals surface area contributed by atoms with Crippen LogP contribution in [0.5, 0.6) is 0 Å². The second-order valence-electron chi connectivity index (χ2n) is 4.18. The summed E-state index contributed by atoms with van der Waals surface area (Å²) < 4.78 is 0. The molecular formula is C11H20ClN3S. The molecule has 1 aliphatic rings. The zero-order chi connectivity index (χ0) is 10.7. The molecule has 0 bridgehead atoms. The molecule has 1 fully saturated rings. The highest BCUT2D eigenvalue weighted by Gasteiger charge is 2.17. The first-order chi connectivity index (χ1) is 7.28. The van der Waals surface area contributed by atoms with Gasteiger partial charge in [0.25, 0.3) is 0 Å². The van der Waals surface area contributed by atoms with Crippen LogP contribution in [0.4, 0.5) is 0 Å². The van der Waals surface area contributed by atoms with Crippen molar-refractivity contribution in [2.75, 3.05) is 20.1 Å². The van der Waals surface area contributed by atoms with Gasteiger partial charge in [0.2, 0.25) is 0 Å². The summed E-state index contributed by atoms with van der Waals surface area (Å²) in [6.45, 7) is 5.58. The van der Waals surface area contributed by atoms with Crippen molar-refractivity contribution in [3.8, 4) is 0 Å². The molecule has 1 N–H and O–H groups in total. The summed E-state index contributed by atoms with van der Waals surface area (Å²) in [6.07, 6.45) is 4.56. The molecule has 0 aliphatic carbocycles. The Bertz CT molecular complexity index is 308. The van der Waals surface area contributed by atoms with Crippen molar-refractivity contribution in [3.05, 3.63) is 16.1 Å². The maximum atomic E-state index is 4.29. The Morgan fingerprint density at radius 2 is 2.19 bits per heavy atom. The second kappa shape index (κ2) is 6.55. The number of aromatic nitrogens is 1. The van der Waals surface area contributed by atoms with E-state index in [1.807, 2.05) is 17.5 Å². The van der Waals surface area contributed by atoms with E-state index in [9.17, 15) is 0 Å². The summed E-state index contributed by atoms with van der Waals surface area (Å²) in [5.41, 5.74) is 0. The van der Waals surface area contributed by atoms with Gasteiger partial charge in [-0.25, -0.2) is 4.98 Å². The van der Waals surface area contributed by atoms with Crippen LogP contribution in [0.3, 0.4) is 0 Å². The minimum absolute atomic E-state index is 0. The number of piperidine rings is 1. The average Bonchev–Trinajstić information content (AvgIpc) is 2.65. The maximum Gasteiger partial charge on any atom is 0.0897 e. The first kappa shape index (κ1) is 13.9. The molecule has 0 saturated carbocycles. The van der Waals surface area contributed by atoms with Crippen LogP contribution in [-0.4, -0.2) is 36.1 Å². The number of hydrogen-bond acceptors (Lipinski definition) is 4. The van der Waals surface area contributed by atoms with Crippen LogP contribution in [0.25, 0.3) is 0 Å². The van der Waals surface area contributed by atoms with Gasteiger partial charge < -0.3 is 5.32 Å². The third-order valence-corrected chi connectivity index (χ3v) is 3.94. The van der Waals surface area contributed by atoms with E-state index in [4.69, 9.17) is 0 Å². The van der Waals surface area contributed by atoms with Gasteiger partial charge in [-0.05, 0) is 39.9 Å². The Labute approximate surface area is 108 Å². The van der Waals surface area contributed by atoms with Gasteiger partial charge in [-0.15, -0.1) is 23.7 Å². The topological polar surface area (TPSA) is 28.2 Å². The zero-order valence-electron chi connectivity index (χ0n) is 9.90. The molecule has 1 aromatic heterocycles. The van der Waals surface area contributed by atoms with Crippen LogP contribution >= 0.6 is 23.7 Å². The molecule has 5 heteroatoms. The number of nitrogens with zero attached hydrogens (tertiary/aromatic N) is 2. The van der Waals surface area contributed by atoms with Gasteiger partial charge in [0.15, 0.2) is 0 Å². The van der Waals surface area contributed by atoms with Crippen LogP contribution in [0.2, 0.25) is 0 Å². The minimum Gasteiger partial charge on any atom is -0.317 e. The number of nitrogens with one attached hydrogen (secondary N) is 1. The highest BCUT2D eigenvalue weighted by atomic mass is 35.5. The molecule has 0 radical (unpaired) electrons. The molecule has 1 aromatic rings. The van der Waals surface area contributed by atoms with Gasteiger partial charge in [-0.1, -0.05) is 0 Å². The number of aryl methyl sites for hydroxylation is 1. The Morgan fingerprint density at radius 3 is 2.69 bits per heavy atom. The van der Waals surface area contributed by atoms with Crippen molar-refractivity contribution in [1.82, 2.24) is 15.2 Å². The molecule has 3 nitrogen and oxygen atoms in total. The molecule has 1 saturated heterocycles. The fraction of sp³-hybridized carbons (Fsp3) is 0.727. The molecule has 1 aliphatic heterocycles. The minimum atomic E-state index is 0. The van der Waals surface area contributed by atoms with E-state index < -0.39 is 0 Å². The quantitative estimate of drug-likeness (QED) is 0.903. The maximum absolute atomic E-state index is 4.29. The van der Waals surface area contributed by atoms with Crippen molar-refractivity contribution in [3.63, 3.8) is 0 Å². The normalized spacial score (nSPS) is 18.4. The van der Waals surface area contributed by atoms with Crippen LogP contribution in [-0.2, 0) is 6.54 Å². The third-order valence-electron chi connectivity index (χ3n) is 3.04. The van der Waals surface area contributed by atoms with E-state index in [2.05, 4.69) is 29.2 Å². The monoisotopic (exact) mass is 261 g/mol. The lowest BCUT2D eigenvalue weighted by molar-refractivity contribution is 0.196. The summed E-state index contributed by atoms with van der Waals surface area (Å²) in [7, 11) is 2.06. The average molecular weight is 262 g/mol.